The maximum atomic E-state index is 12.8. The molecular weight excluding hydrogens is 508 g/mol. The van der Waals surface area contributed by atoms with Crippen molar-refractivity contribution >= 4 is 52.2 Å². The highest BCUT2D eigenvalue weighted by Crippen LogP contribution is 2.54. The van der Waals surface area contributed by atoms with E-state index in [9.17, 15) is 24.6 Å². The smallest absolute Gasteiger partial charge is 0.353 e. The Bertz CT molecular complexity index is 1140. The van der Waals surface area contributed by atoms with Crippen LogP contribution in [0.2, 0.25) is 0 Å². The van der Waals surface area contributed by atoms with Crippen molar-refractivity contribution in [3.8, 4) is 0 Å². The van der Waals surface area contributed by atoms with Gasteiger partial charge in [0.05, 0.1) is 50.3 Å². The van der Waals surface area contributed by atoms with Crippen LogP contribution < -0.4 is 11.1 Å². The number of amides is 2. The van der Waals surface area contributed by atoms with Gasteiger partial charge in [0.25, 0.3) is 5.91 Å². The summed E-state index contributed by atoms with van der Waals surface area (Å²) in [6.45, 7) is 2.12. The molecule has 2 atom stereocenters. The zero-order valence-electron chi connectivity index (χ0n) is 19.9. The number of carbonyl (C=O) groups excluding carboxylic acids is 2. The lowest BCUT2D eigenvalue weighted by molar-refractivity contribution is -0.909. The first-order valence-electron chi connectivity index (χ1n) is 11.3. The van der Waals surface area contributed by atoms with Crippen molar-refractivity contribution in [3.05, 3.63) is 34.5 Å². The van der Waals surface area contributed by atoms with E-state index in [4.69, 9.17) is 5.73 Å². The van der Waals surface area contributed by atoms with Gasteiger partial charge in [0.2, 0.25) is 5.91 Å². The number of carbonyl (C=O) groups is 3. The van der Waals surface area contributed by atoms with Crippen molar-refractivity contribution in [1.29, 1.82) is 0 Å². The Balaban J connectivity index is 1.81. The molecule has 4 rings (SSSR count). The number of thiazole rings is 1. The average Bonchev–Trinajstić information content (AvgIpc) is 3.27. The average molecular weight is 538 g/mol. The molecule has 0 bridgehead atoms. The highest BCUT2D eigenvalue weighted by molar-refractivity contribution is 8.01. The fraction of sp³-hybridized carbons (Fsp3) is 0.500. The number of quaternary nitrogens is 1. The van der Waals surface area contributed by atoms with Gasteiger partial charge in [0.15, 0.2) is 10.0 Å². The maximum Gasteiger partial charge on any atom is 0.353 e. The summed E-state index contributed by atoms with van der Waals surface area (Å²) in [7, 11) is 3.37. The minimum absolute atomic E-state index is 0.124. The van der Waals surface area contributed by atoms with Gasteiger partial charge in [-0.15, -0.1) is 11.3 Å². The van der Waals surface area contributed by atoms with E-state index in [1.54, 1.807) is 11.5 Å². The summed E-state index contributed by atoms with van der Waals surface area (Å²) < 4.78 is 0.672. The number of thioether (sulfide) groups is 1. The van der Waals surface area contributed by atoms with Gasteiger partial charge >= 0.3 is 5.97 Å². The van der Waals surface area contributed by atoms with Crippen LogP contribution in [0.3, 0.4) is 0 Å². The highest BCUT2D eigenvalue weighted by atomic mass is 32.2. The first-order valence-corrected chi connectivity index (χ1v) is 13.1. The number of oxime groups is 1. The number of nitrogens with one attached hydrogen (secondary N) is 1. The monoisotopic (exact) mass is 537 g/mol. The summed E-state index contributed by atoms with van der Waals surface area (Å²) in [6, 6.07) is 0. The molecule has 3 aliphatic heterocycles. The van der Waals surface area contributed by atoms with Crippen LogP contribution in [0.5, 0.6) is 0 Å². The number of aromatic nitrogens is 1. The van der Waals surface area contributed by atoms with E-state index in [-0.39, 0.29) is 34.8 Å². The molecule has 1 aromatic heterocycles. The van der Waals surface area contributed by atoms with Crippen LogP contribution in [-0.4, -0.2) is 93.8 Å². The zero-order valence-corrected chi connectivity index (χ0v) is 21.5. The van der Waals surface area contributed by atoms with Crippen molar-refractivity contribution in [2.75, 3.05) is 39.5 Å². The molecule has 1 aromatic rings. The standard InChI is InChI=1S/C22H28N6O6S2/c1-28(8-5-13(29)6-9-28)7-3-4-14-19(20(32)33)27-17(31)10-18(27)36-22(14,15-12-35-21(23)25-15)26-16(30)11-24-34-2/h3-4,11-13,18,29H,5-10H2,1-2H3,(H3-,23,25,26,30,32,33)/p+1/t13?,18-,22?,28?/m0/s1. The number of likely N-dealkylation sites (N-methyl/N-ethyl adjacent to an activating group) is 1. The molecule has 2 amide bonds. The molecular formula is C22H29N6O6S2+. The number of aliphatic carboxylic acids is 1. The zero-order chi connectivity index (χ0) is 26.1. The van der Waals surface area contributed by atoms with E-state index in [1.165, 1.54) is 23.8 Å². The number of rotatable bonds is 8. The fourth-order valence-corrected chi connectivity index (χ4v) is 6.96. The molecule has 5 N–H and O–H groups in total. The number of piperidine rings is 1. The van der Waals surface area contributed by atoms with Crippen molar-refractivity contribution in [2.45, 2.75) is 35.6 Å². The SMILES string of the molecule is CON=CC(=O)NC1(c2csc(N)n2)S[C@H]2CC(=O)N2C(C(=O)O)=C1C=CC[N+]1(C)CCC(O)CC1. The molecule has 194 valence electrons. The Morgan fingerprint density at radius 3 is 2.75 bits per heavy atom. The Morgan fingerprint density at radius 2 is 2.17 bits per heavy atom. The number of carboxylic acid groups (broad SMARTS) is 1. The van der Waals surface area contributed by atoms with E-state index in [0.717, 1.165) is 30.6 Å². The van der Waals surface area contributed by atoms with Crippen LogP contribution >= 0.6 is 23.1 Å². The van der Waals surface area contributed by atoms with Gasteiger partial charge in [0, 0.05) is 23.8 Å². The second-order valence-electron chi connectivity index (χ2n) is 9.15. The predicted molar refractivity (Wildman–Crippen MR) is 135 cm³/mol. The van der Waals surface area contributed by atoms with Crippen LogP contribution in [0.1, 0.15) is 25.0 Å². The van der Waals surface area contributed by atoms with Gasteiger partial charge in [-0.05, 0) is 6.08 Å². The first-order chi connectivity index (χ1) is 17.1. The number of aliphatic hydroxyl groups excluding tert-OH is 1. The Kier molecular flexibility index (Phi) is 7.41. The van der Waals surface area contributed by atoms with Gasteiger partial charge in [-0.1, -0.05) is 23.0 Å². The van der Waals surface area contributed by atoms with Crippen molar-refractivity contribution < 1.29 is 33.9 Å². The Labute approximate surface area is 216 Å². The van der Waals surface area contributed by atoms with Gasteiger partial charge in [-0.2, -0.15) is 0 Å². The minimum atomic E-state index is -1.44. The fourth-order valence-electron chi connectivity index (χ4n) is 4.63. The molecule has 0 aromatic carbocycles. The van der Waals surface area contributed by atoms with Crippen LogP contribution in [0.4, 0.5) is 5.13 Å². The number of aliphatic hydroxyl groups is 1. The number of hydrogen-bond donors (Lipinski definition) is 4. The van der Waals surface area contributed by atoms with Gasteiger partial charge in [0.1, 0.15) is 19.0 Å². The Hall–Kier alpha value is -2.94. The van der Waals surface area contributed by atoms with E-state index < -0.39 is 22.1 Å². The van der Waals surface area contributed by atoms with E-state index >= 15 is 0 Å². The molecule has 2 saturated heterocycles. The number of nitrogens with zero attached hydrogens (tertiary/aromatic N) is 4. The molecule has 12 nitrogen and oxygen atoms in total. The molecule has 0 radical (unpaired) electrons. The first kappa shape index (κ1) is 26.1. The molecule has 0 spiro atoms. The quantitative estimate of drug-likeness (QED) is 0.159. The lowest BCUT2D eigenvalue weighted by Gasteiger charge is -2.50. The predicted octanol–water partition coefficient (Wildman–Crippen LogP) is 0.428. The molecule has 0 aliphatic carbocycles. The van der Waals surface area contributed by atoms with E-state index in [2.05, 4.69) is 27.3 Å². The lowest BCUT2D eigenvalue weighted by Crippen LogP contribution is -2.60. The summed E-state index contributed by atoms with van der Waals surface area (Å²) in [5, 5.41) is 27.9. The molecule has 14 heteroatoms. The summed E-state index contributed by atoms with van der Waals surface area (Å²) >= 11 is 2.39. The number of hydrogen-bond acceptors (Lipinski definition) is 10. The summed E-state index contributed by atoms with van der Waals surface area (Å²) in [5.74, 6) is -2.23. The van der Waals surface area contributed by atoms with E-state index in [0.29, 0.717) is 29.6 Å². The third kappa shape index (κ3) is 4.98. The minimum Gasteiger partial charge on any atom is -0.477 e. The van der Waals surface area contributed by atoms with Crippen LogP contribution in [0, 0.1) is 0 Å². The highest BCUT2D eigenvalue weighted by Gasteiger charge is 2.56. The van der Waals surface area contributed by atoms with Crippen LogP contribution in [0.15, 0.2) is 34.0 Å². The molecule has 4 heterocycles. The number of nitrogens with two attached hydrogens (primary N) is 1. The summed E-state index contributed by atoms with van der Waals surface area (Å²) in [6.07, 6.45) is 5.63. The molecule has 3 aliphatic rings. The second kappa shape index (κ2) is 10.2. The Morgan fingerprint density at radius 1 is 1.44 bits per heavy atom. The molecule has 36 heavy (non-hydrogen) atoms. The van der Waals surface area contributed by atoms with Crippen molar-refractivity contribution in [1.82, 2.24) is 15.2 Å². The van der Waals surface area contributed by atoms with Crippen molar-refractivity contribution in [2.24, 2.45) is 5.16 Å². The second-order valence-corrected chi connectivity index (χ2v) is 11.4. The topological polar surface area (TPSA) is 167 Å². The van der Waals surface area contributed by atoms with Gasteiger partial charge < -0.3 is 30.6 Å². The number of nitrogen functional groups attached to an aromatic ring is 1. The normalized spacial score (nSPS) is 30.4. The molecule has 2 fully saturated rings. The number of carboxylic acids is 1. The van der Waals surface area contributed by atoms with Gasteiger partial charge in [-0.3, -0.25) is 14.5 Å². The van der Waals surface area contributed by atoms with E-state index in [1.807, 2.05) is 6.08 Å². The number of anilines is 1. The van der Waals surface area contributed by atoms with Crippen molar-refractivity contribution in [3.63, 3.8) is 0 Å². The molecule has 0 saturated carbocycles. The number of fused-ring (bicyclic) bond motifs is 1. The number of β-lactam (4-membered cyclic amide) rings is 1. The third-order valence-electron chi connectivity index (χ3n) is 6.59. The van der Waals surface area contributed by atoms with Crippen LogP contribution in [0.25, 0.3) is 0 Å². The lowest BCUT2D eigenvalue weighted by atomic mass is 9.96. The maximum absolute atomic E-state index is 12.8. The summed E-state index contributed by atoms with van der Waals surface area (Å²) in [5.41, 5.74) is 6.27. The summed E-state index contributed by atoms with van der Waals surface area (Å²) in [4.78, 5) is 46.6. The van der Waals surface area contributed by atoms with Crippen LogP contribution in [-0.2, 0) is 24.1 Å². The van der Waals surface area contributed by atoms with Gasteiger partial charge in [-0.25, -0.2) is 9.78 Å². The number of likely N-dealkylation sites (tertiary alicyclic amines) is 1. The largest absolute Gasteiger partial charge is 0.477 e. The third-order valence-corrected chi connectivity index (χ3v) is 8.80. The molecule has 1 unspecified atom stereocenters.